The summed E-state index contributed by atoms with van der Waals surface area (Å²) >= 11 is 3.46. The molecule has 1 N–H and O–H groups in total. The van der Waals surface area contributed by atoms with Gasteiger partial charge in [-0.3, -0.25) is 9.36 Å². The molecule has 0 radical (unpaired) electrons. The summed E-state index contributed by atoms with van der Waals surface area (Å²) < 4.78 is 2.44. The van der Waals surface area contributed by atoms with Gasteiger partial charge in [0.1, 0.15) is 5.82 Å². The van der Waals surface area contributed by atoms with E-state index in [1.807, 2.05) is 73.7 Å². The summed E-state index contributed by atoms with van der Waals surface area (Å²) in [5.74, 6) is 0.504. The van der Waals surface area contributed by atoms with E-state index < -0.39 is 6.04 Å². The molecular formula is C26H25BrN4O2. The average Bonchev–Trinajstić information content (AvgIpc) is 2.84. The number of aromatic nitrogens is 2. The molecule has 7 heteroatoms. The highest BCUT2D eigenvalue weighted by atomic mass is 79.9. The SMILES string of the molecule is CCc1ccccc1-n1c(C(C)N(C)C(=O)Nc2ccccc2Br)nc2ccccc2c1=O. The third kappa shape index (κ3) is 4.41. The second kappa shape index (κ2) is 9.58. The number of carbonyl (C=O) groups excluding carboxylic acids is 1. The maximum atomic E-state index is 13.6. The molecule has 2 amide bonds. The van der Waals surface area contributed by atoms with Gasteiger partial charge in [0.2, 0.25) is 0 Å². The zero-order valence-electron chi connectivity index (χ0n) is 18.7. The first-order valence-electron chi connectivity index (χ1n) is 10.8. The van der Waals surface area contributed by atoms with E-state index in [1.165, 1.54) is 0 Å². The minimum Gasteiger partial charge on any atom is -0.318 e. The number of benzene rings is 3. The van der Waals surface area contributed by atoms with Gasteiger partial charge in [-0.15, -0.1) is 0 Å². The molecular weight excluding hydrogens is 480 g/mol. The number of rotatable bonds is 5. The van der Waals surface area contributed by atoms with Crippen LogP contribution >= 0.6 is 15.9 Å². The van der Waals surface area contributed by atoms with E-state index in [4.69, 9.17) is 4.98 Å². The van der Waals surface area contributed by atoms with E-state index in [0.29, 0.717) is 22.4 Å². The van der Waals surface area contributed by atoms with E-state index in [1.54, 1.807) is 22.6 Å². The number of hydrogen-bond donors (Lipinski definition) is 1. The Morgan fingerprint density at radius 2 is 1.73 bits per heavy atom. The van der Waals surface area contributed by atoms with E-state index in [-0.39, 0.29) is 11.6 Å². The quantitative estimate of drug-likeness (QED) is 0.365. The van der Waals surface area contributed by atoms with E-state index in [9.17, 15) is 9.59 Å². The summed E-state index contributed by atoms with van der Waals surface area (Å²) in [7, 11) is 1.70. The lowest BCUT2D eigenvalue weighted by Gasteiger charge is -2.28. The molecule has 0 bridgehead atoms. The standard InChI is InChI=1S/C26H25BrN4O2/c1-4-18-11-5-10-16-23(18)31-24(28-21-14-8-6-12-19(21)25(31)32)17(2)30(3)26(33)29-22-15-9-7-13-20(22)27/h5-17H,4H2,1-3H3,(H,29,33). The zero-order valence-corrected chi connectivity index (χ0v) is 20.3. The van der Waals surface area contributed by atoms with Crippen molar-refractivity contribution in [2.24, 2.45) is 0 Å². The van der Waals surface area contributed by atoms with Crippen LogP contribution in [-0.4, -0.2) is 27.5 Å². The number of amides is 2. The molecule has 1 atom stereocenters. The maximum Gasteiger partial charge on any atom is 0.322 e. The molecule has 3 aromatic carbocycles. The Labute approximate surface area is 201 Å². The lowest BCUT2D eigenvalue weighted by molar-refractivity contribution is 0.205. The number of para-hydroxylation sites is 3. The fraction of sp³-hybridized carbons (Fsp3) is 0.192. The molecule has 1 aromatic heterocycles. The Morgan fingerprint density at radius 3 is 2.48 bits per heavy atom. The number of nitrogens with one attached hydrogen (secondary N) is 1. The zero-order chi connectivity index (χ0) is 23.5. The van der Waals surface area contributed by atoms with Gasteiger partial charge in [-0.25, -0.2) is 9.78 Å². The Morgan fingerprint density at radius 1 is 1.06 bits per heavy atom. The first-order chi connectivity index (χ1) is 15.9. The summed E-state index contributed by atoms with van der Waals surface area (Å²) in [5.41, 5.74) is 2.94. The highest BCUT2D eigenvalue weighted by molar-refractivity contribution is 9.10. The summed E-state index contributed by atoms with van der Waals surface area (Å²) in [6, 6.07) is 21.8. The summed E-state index contributed by atoms with van der Waals surface area (Å²) in [6.07, 6.45) is 0.765. The molecule has 33 heavy (non-hydrogen) atoms. The van der Waals surface area contributed by atoms with Crippen molar-refractivity contribution in [2.45, 2.75) is 26.3 Å². The fourth-order valence-corrected chi connectivity index (χ4v) is 4.19. The summed E-state index contributed by atoms with van der Waals surface area (Å²) in [4.78, 5) is 33.1. The molecule has 4 aromatic rings. The van der Waals surface area contributed by atoms with Crippen molar-refractivity contribution in [3.8, 4) is 5.69 Å². The number of hydrogen-bond acceptors (Lipinski definition) is 3. The van der Waals surface area contributed by atoms with Crippen molar-refractivity contribution in [3.63, 3.8) is 0 Å². The van der Waals surface area contributed by atoms with Crippen molar-refractivity contribution in [1.82, 2.24) is 14.5 Å². The molecule has 0 spiro atoms. The van der Waals surface area contributed by atoms with Crippen molar-refractivity contribution in [2.75, 3.05) is 12.4 Å². The molecule has 0 aliphatic rings. The van der Waals surface area contributed by atoms with Gasteiger partial charge in [0.15, 0.2) is 0 Å². The molecule has 0 aliphatic heterocycles. The van der Waals surface area contributed by atoms with Gasteiger partial charge in [-0.2, -0.15) is 0 Å². The molecule has 168 valence electrons. The van der Waals surface area contributed by atoms with Crippen LogP contribution in [0.25, 0.3) is 16.6 Å². The lowest BCUT2D eigenvalue weighted by atomic mass is 10.1. The number of aryl methyl sites for hydroxylation is 1. The number of urea groups is 1. The predicted octanol–water partition coefficient (Wildman–Crippen LogP) is 5.94. The Hall–Kier alpha value is -3.45. The highest BCUT2D eigenvalue weighted by Gasteiger charge is 2.25. The number of fused-ring (bicyclic) bond motifs is 1. The van der Waals surface area contributed by atoms with Crippen LogP contribution in [0.2, 0.25) is 0 Å². The monoisotopic (exact) mass is 504 g/mol. The van der Waals surface area contributed by atoms with Gasteiger partial charge in [0, 0.05) is 11.5 Å². The highest BCUT2D eigenvalue weighted by Crippen LogP contribution is 2.26. The second-order valence-corrected chi connectivity index (χ2v) is 8.66. The molecule has 0 saturated carbocycles. The van der Waals surface area contributed by atoms with Crippen LogP contribution in [0.15, 0.2) is 82.1 Å². The molecule has 0 fully saturated rings. The van der Waals surface area contributed by atoms with Crippen molar-refractivity contribution in [1.29, 1.82) is 0 Å². The van der Waals surface area contributed by atoms with Gasteiger partial charge in [-0.05, 0) is 65.2 Å². The minimum atomic E-state index is -0.477. The van der Waals surface area contributed by atoms with Gasteiger partial charge < -0.3 is 10.2 Å². The summed E-state index contributed by atoms with van der Waals surface area (Å²) in [6.45, 7) is 3.93. The first-order valence-corrected chi connectivity index (χ1v) is 11.6. The number of anilines is 1. The number of halogens is 1. The largest absolute Gasteiger partial charge is 0.322 e. The van der Waals surface area contributed by atoms with Gasteiger partial charge in [0.25, 0.3) is 5.56 Å². The Balaban J connectivity index is 1.83. The van der Waals surface area contributed by atoms with E-state index in [0.717, 1.165) is 22.1 Å². The normalized spacial score (nSPS) is 11.9. The molecule has 1 heterocycles. The van der Waals surface area contributed by atoms with Crippen LogP contribution in [0.3, 0.4) is 0 Å². The minimum absolute atomic E-state index is 0.150. The van der Waals surface area contributed by atoms with E-state index >= 15 is 0 Å². The van der Waals surface area contributed by atoms with Gasteiger partial charge in [-0.1, -0.05) is 49.4 Å². The smallest absolute Gasteiger partial charge is 0.318 e. The van der Waals surface area contributed by atoms with Crippen LogP contribution in [-0.2, 0) is 6.42 Å². The lowest BCUT2D eigenvalue weighted by Crippen LogP contribution is -2.37. The maximum absolute atomic E-state index is 13.6. The van der Waals surface area contributed by atoms with Crippen LogP contribution in [0, 0.1) is 0 Å². The van der Waals surface area contributed by atoms with Crippen molar-refractivity contribution < 1.29 is 4.79 Å². The molecule has 0 aliphatic carbocycles. The summed E-state index contributed by atoms with van der Waals surface area (Å²) in [5, 5.41) is 3.46. The molecule has 0 saturated heterocycles. The van der Waals surface area contributed by atoms with Crippen LogP contribution in [0.4, 0.5) is 10.5 Å². The molecule has 1 unspecified atom stereocenters. The third-order valence-corrected chi connectivity index (χ3v) is 6.50. The fourth-order valence-electron chi connectivity index (χ4n) is 3.81. The van der Waals surface area contributed by atoms with E-state index in [2.05, 4.69) is 28.2 Å². The van der Waals surface area contributed by atoms with Gasteiger partial charge >= 0.3 is 6.03 Å². The predicted molar refractivity (Wildman–Crippen MR) is 136 cm³/mol. The molecule has 6 nitrogen and oxygen atoms in total. The topological polar surface area (TPSA) is 67.2 Å². The van der Waals surface area contributed by atoms with Gasteiger partial charge in [0.05, 0.1) is 28.3 Å². The molecule has 4 rings (SSSR count). The Bertz CT molecular complexity index is 1380. The second-order valence-electron chi connectivity index (χ2n) is 7.81. The van der Waals surface area contributed by atoms with Crippen molar-refractivity contribution >= 4 is 38.6 Å². The van der Waals surface area contributed by atoms with Crippen molar-refractivity contribution in [3.05, 3.63) is 99.0 Å². The average molecular weight is 505 g/mol. The first kappa shape index (κ1) is 22.7. The number of nitrogens with zero attached hydrogens (tertiary/aromatic N) is 3. The van der Waals surface area contributed by atoms with Crippen LogP contribution < -0.4 is 10.9 Å². The Kier molecular flexibility index (Phi) is 6.60. The third-order valence-electron chi connectivity index (χ3n) is 5.81. The van der Waals surface area contributed by atoms with Crippen LogP contribution in [0.5, 0.6) is 0 Å². The number of carbonyl (C=O) groups is 1. The van der Waals surface area contributed by atoms with Crippen LogP contribution in [0.1, 0.15) is 31.3 Å².